The summed E-state index contributed by atoms with van der Waals surface area (Å²) in [6.45, 7) is 2.83. The van der Waals surface area contributed by atoms with Crippen molar-refractivity contribution in [2.75, 3.05) is 34.3 Å². The first kappa shape index (κ1) is 25.6. The van der Waals surface area contributed by atoms with Gasteiger partial charge < -0.3 is 19.9 Å². The van der Waals surface area contributed by atoms with Crippen LogP contribution < -0.4 is 15.2 Å². The molecule has 0 aliphatic rings. The maximum atomic E-state index is 12.8. The average molecular weight is 479 g/mol. The van der Waals surface area contributed by atoms with Gasteiger partial charge >= 0.3 is 6.03 Å². The van der Waals surface area contributed by atoms with Crippen LogP contribution in [-0.2, 0) is 13.1 Å². The summed E-state index contributed by atoms with van der Waals surface area (Å²) >= 11 is 1.27. The highest BCUT2D eigenvalue weighted by Crippen LogP contribution is 2.23. The highest BCUT2D eigenvalue weighted by Gasteiger charge is 2.15. The number of carbonyl (C=O) groups is 1. The molecule has 3 aromatic rings. The number of rotatable bonds is 11. The molecule has 0 atom stereocenters. The summed E-state index contributed by atoms with van der Waals surface area (Å²) in [5.74, 6) is 0.843. The predicted molar refractivity (Wildman–Crippen MR) is 141 cm³/mol. The number of nitrogens with zero attached hydrogens (tertiary/aromatic N) is 2. The fourth-order valence-corrected chi connectivity index (χ4v) is 4.16. The summed E-state index contributed by atoms with van der Waals surface area (Å²) in [5, 5.41) is 9.21. The number of urea groups is 1. The zero-order chi connectivity index (χ0) is 24.3. The van der Waals surface area contributed by atoms with Crippen molar-refractivity contribution in [2.24, 2.45) is 5.14 Å². The van der Waals surface area contributed by atoms with Crippen molar-refractivity contribution in [3.63, 3.8) is 0 Å². The lowest BCUT2D eigenvalue weighted by atomic mass is 10.0. The van der Waals surface area contributed by atoms with Crippen LogP contribution in [0.3, 0.4) is 0 Å². The summed E-state index contributed by atoms with van der Waals surface area (Å²) < 4.78 is 5.24. The highest BCUT2D eigenvalue weighted by molar-refractivity contribution is 7.97. The van der Waals surface area contributed by atoms with E-state index in [2.05, 4.69) is 35.6 Å². The van der Waals surface area contributed by atoms with E-state index in [1.807, 2.05) is 47.4 Å². The number of methoxy groups -OCH3 is 1. The third kappa shape index (κ3) is 7.25. The molecule has 0 saturated heterocycles. The Kier molecular flexibility index (Phi) is 9.82. The normalized spacial score (nSPS) is 10.7. The van der Waals surface area contributed by atoms with Crippen molar-refractivity contribution in [1.29, 1.82) is 0 Å². The minimum atomic E-state index is 0.0177. The summed E-state index contributed by atoms with van der Waals surface area (Å²) in [6.07, 6.45) is 0.863. The first-order valence-corrected chi connectivity index (χ1v) is 12.2. The van der Waals surface area contributed by atoms with Crippen LogP contribution in [0.15, 0.2) is 77.7 Å². The van der Waals surface area contributed by atoms with Gasteiger partial charge in [0.05, 0.1) is 7.11 Å². The molecule has 7 heteroatoms. The van der Waals surface area contributed by atoms with E-state index in [4.69, 9.17) is 9.88 Å². The van der Waals surface area contributed by atoms with E-state index in [1.165, 1.54) is 17.5 Å². The van der Waals surface area contributed by atoms with Gasteiger partial charge in [-0.05, 0) is 65.4 Å². The molecule has 0 fully saturated rings. The SMILES string of the molecule is COc1ccc(-c2ccc(CN(CCCNCc3ccccc3SN)C(=O)N(C)C)cc2)cc1. The van der Waals surface area contributed by atoms with Crippen LogP contribution in [-0.4, -0.2) is 50.1 Å². The minimum Gasteiger partial charge on any atom is -0.497 e. The van der Waals surface area contributed by atoms with Gasteiger partial charge in [-0.1, -0.05) is 54.6 Å². The van der Waals surface area contributed by atoms with E-state index in [1.54, 1.807) is 26.1 Å². The second-order valence-corrected chi connectivity index (χ2v) is 8.96. The van der Waals surface area contributed by atoms with Crippen LogP contribution >= 0.6 is 11.9 Å². The van der Waals surface area contributed by atoms with Crippen LogP contribution in [0.1, 0.15) is 17.5 Å². The van der Waals surface area contributed by atoms with Gasteiger partial charge in [-0.3, -0.25) is 5.14 Å². The monoisotopic (exact) mass is 478 g/mol. The van der Waals surface area contributed by atoms with Gasteiger partial charge in [0.2, 0.25) is 0 Å². The van der Waals surface area contributed by atoms with Crippen LogP contribution in [0.2, 0.25) is 0 Å². The predicted octanol–water partition coefficient (Wildman–Crippen LogP) is 4.99. The van der Waals surface area contributed by atoms with Gasteiger partial charge in [0.25, 0.3) is 0 Å². The van der Waals surface area contributed by atoms with Crippen molar-refractivity contribution in [3.05, 3.63) is 83.9 Å². The summed E-state index contributed by atoms with van der Waals surface area (Å²) in [5.41, 5.74) is 4.56. The molecule has 0 aromatic heterocycles. The van der Waals surface area contributed by atoms with Crippen LogP contribution in [0.25, 0.3) is 11.1 Å². The molecule has 0 saturated carbocycles. The topological polar surface area (TPSA) is 70.8 Å². The molecule has 3 rings (SSSR count). The Bertz CT molecular complexity index is 1040. The lowest BCUT2D eigenvalue weighted by molar-refractivity contribution is 0.167. The third-order valence-corrected chi connectivity index (χ3v) is 6.25. The van der Waals surface area contributed by atoms with E-state index in [9.17, 15) is 4.79 Å². The Balaban J connectivity index is 1.55. The largest absolute Gasteiger partial charge is 0.497 e. The summed E-state index contributed by atoms with van der Waals surface area (Å²) in [4.78, 5) is 17.4. The quantitative estimate of drug-likeness (QED) is 0.300. The molecular weight excluding hydrogens is 444 g/mol. The summed E-state index contributed by atoms with van der Waals surface area (Å²) in [6, 6.07) is 24.5. The summed E-state index contributed by atoms with van der Waals surface area (Å²) in [7, 11) is 5.25. The Morgan fingerprint density at radius 1 is 0.971 bits per heavy atom. The first-order chi connectivity index (χ1) is 16.5. The highest BCUT2D eigenvalue weighted by atomic mass is 32.2. The molecule has 0 spiro atoms. The zero-order valence-corrected chi connectivity index (χ0v) is 21.0. The van der Waals surface area contributed by atoms with Crippen molar-refractivity contribution in [3.8, 4) is 16.9 Å². The van der Waals surface area contributed by atoms with Crippen molar-refractivity contribution < 1.29 is 9.53 Å². The van der Waals surface area contributed by atoms with Gasteiger partial charge in [-0.15, -0.1) is 0 Å². The maximum Gasteiger partial charge on any atom is 0.319 e. The molecule has 0 heterocycles. The molecule has 0 aliphatic carbocycles. The van der Waals surface area contributed by atoms with E-state index in [0.717, 1.165) is 46.8 Å². The number of nitrogens with one attached hydrogen (secondary N) is 1. The second kappa shape index (κ2) is 13.0. The number of carbonyl (C=O) groups excluding carboxylic acids is 1. The Morgan fingerprint density at radius 2 is 1.62 bits per heavy atom. The molecule has 3 aromatic carbocycles. The first-order valence-electron chi connectivity index (χ1n) is 11.4. The fraction of sp³-hybridized carbons (Fsp3) is 0.296. The third-order valence-electron chi connectivity index (χ3n) is 5.60. The van der Waals surface area contributed by atoms with Crippen LogP contribution in [0, 0.1) is 0 Å². The molecule has 0 bridgehead atoms. The Hall–Kier alpha value is -3.00. The van der Waals surface area contributed by atoms with E-state index < -0.39 is 0 Å². The van der Waals surface area contributed by atoms with E-state index in [-0.39, 0.29) is 6.03 Å². The Labute approximate surface area is 207 Å². The van der Waals surface area contributed by atoms with E-state index in [0.29, 0.717) is 13.1 Å². The molecule has 0 aliphatic heterocycles. The Morgan fingerprint density at radius 3 is 2.24 bits per heavy atom. The van der Waals surface area contributed by atoms with Gasteiger partial charge in [-0.25, -0.2) is 4.79 Å². The van der Waals surface area contributed by atoms with Gasteiger partial charge in [0.1, 0.15) is 5.75 Å². The van der Waals surface area contributed by atoms with Gasteiger partial charge in [0.15, 0.2) is 0 Å². The van der Waals surface area contributed by atoms with E-state index >= 15 is 0 Å². The second-order valence-electron chi connectivity index (χ2n) is 8.28. The molecule has 2 amide bonds. The lowest BCUT2D eigenvalue weighted by Gasteiger charge is -2.26. The van der Waals surface area contributed by atoms with Crippen LogP contribution in [0.4, 0.5) is 4.79 Å². The van der Waals surface area contributed by atoms with Crippen molar-refractivity contribution in [1.82, 2.24) is 15.1 Å². The maximum absolute atomic E-state index is 12.8. The molecule has 0 unspecified atom stereocenters. The number of ether oxygens (including phenoxy) is 1. The molecule has 0 radical (unpaired) electrons. The molecule has 34 heavy (non-hydrogen) atoms. The van der Waals surface area contributed by atoms with Crippen LogP contribution in [0.5, 0.6) is 5.75 Å². The molecule has 6 nitrogen and oxygen atoms in total. The molecular formula is C27H34N4O2S. The number of hydrogen-bond donors (Lipinski definition) is 2. The van der Waals surface area contributed by atoms with Gasteiger partial charge in [0, 0.05) is 38.6 Å². The standard InChI is InChI=1S/C27H34N4O2S/c1-30(2)27(32)31(18-6-17-29-19-24-7-4-5-8-26(24)34-28)20-21-9-11-22(12-10-21)23-13-15-25(33-3)16-14-23/h4-5,7-16,29H,6,17-20,28H2,1-3H3. The average Bonchev–Trinajstić information content (AvgIpc) is 2.88. The number of amides is 2. The number of hydrogen-bond acceptors (Lipinski definition) is 5. The molecule has 180 valence electrons. The van der Waals surface area contributed by atoms with Crippen molar-refractivity contribution in [2.45, 2.75) is 24.4 Å². The number of benzene rings is 3. The number of nitrogens with two attached hydrogens (primary N) is 1. The van der Waals surface area contributed by atoms with Crippen molar-refractivity contribution >= 4 is 18.0 Å². The minimum absolute atomic E-state index is 0.0177. The smallest absolute Gasteiger partial charge is 0.319 e. The fourth-order valence-electron chi connectivity index (χ4n) is 3.71. The van der Waals surface area contributed by atoms with Gasteiger partial charge in [-0.2, -0.15) is 0 Å². The lowest BCUT2D eigenvalue weighted by Crippen LogP contribution is -2.40. The zero-order valence-electron chi connectivity index (χ0n) is 20.2. The molecule has 3 N–H and O–H groups in total.